The van der Waals surface area contributed by atoms with Crippen LogP contribution in [0.2, 0.25) is 0 Å². The Labute approximate surface area is 331 Å². The van der Waals surface area contributed by atoms with Crippen molar-refractivity contribution in [2.24, 2.45) is 0 Å². The lowest BCUT2D eigenvalue weighted by molar-refractivity contribution is 0.866. The molecule has 0 aliphatic carbocycles. The third-order valence-corrected chi connectivity index (χ3v) is 14.4. The van der Waals surface area contributed by atoms with E-state index in [0.717, 1.165) is 0 Å². The Bertz CT molecular complexity index is 2760. The van der Waals surface area contributed by atoms with Gasteiger partial charge in [0.15, 0.2) is 0 Å². The van der Waals surface area contributed by atoms with Gasteiger partial charge in [-0.2, -0.15) is 0 Å². The van der Waals surface area contributed by atoms with Gasteiger partial charge in [-0.25, -0.2) is 0 Å². The molecule has 0 bridgehead atoms. The summed E-state index contributed by atoms with van der Waals surface area (Å²) in [6, 6.07) is 43.4. The summed E-state index contributed by atoms with van der Waals surface area (Å²) in [6.07, 6.45) is 0. The first-order chi connectivity index (χ1) is 26.6. The molecule has 6 aromatic carbocycles. The summed E-state index contributed by atoms with van der Waals surface area (Å²) in [7, 11) is 0. The first-order valence-electron chi connectivity index (χ1n) is 20.4. The van der Waals surface area contributed by atoms with Gasteiger partial charge in [-0.05, 0) is 109 Å². The summed E-state index contributed by atoms with van der Waals surface area (Å²) in [5, 5.41) is 1.34. The first-order valence-corrected chi connectivity index (χ1v) is 21.3. The van der Waals surface area contributed by atoms with E-state index in [1.54, 1.807) is 0 Å². The summed E-state index contributed by atoms with van der Waals surface area (Å²) in [5.74, 6) is 1.78. The molecule has 0 saturated carbocycles. The van der Waals surface area contributed by atoms with E-state index >= 15 is 0 Å². The van der Waals surface area contributed by atoms with Gasteiger partial charge in [0.05, 0.1) is 5.69 Å². The number of rotatable bonds is 5. The zero-order valence-corrected chi connectivity index (χ0v) is 34.0. The van der Waals surface area contributed by atoms with Gasteiger partial charge in [-0.15, -0.1) is 11.3 Å². The van der Waals surface area contributed by atoms with Crippen LogP contribution in [-0.2, 0) is 0 Å². The molecular formula is C50H46B2N2S. The van der Waals surface area contributed by atoms with Crippen molar-refractivity contribution in [2.45, 2.75) is 79.1 Å². The lowest BCUT2D eigenvalue weighted by Gasteiger charge is -2.51. The van der Waals surface area contributed by atoms with Crippen LogP contribution >= 0.6 is 11.3 Å². The van der Waals surface area contributed by atoms with Gasteiger partial charge >= 0.3 is 6.85 Å². The molecule has 5 heterocycles. The monoisotopic (exact) mass is 728 g/mol. The average Bonchev–Trinajstić information content (AvgIpc) is 3.57. The highest BCUT2D eigenvalue weighted by atomic mass is 32.1. The van der Waals surface area contributed by atoms with Gasteiger partial charge in [0.25, 0.3) is 6.71 Å². The Morgan fingerprint density at radius 1 is 0.491 bits per heavy atom. The summed E-state index contributed by atoms with van der Waals surface area (Å²) < 4.78 is 2.81. The topological polar surface area (TPSA) is 6.48 Å². The highest BCUT2D eigenvalue weighted by Crippen LogP contribution is 2.53. The maximum absolute atomic E-state index is 2.82. The Hall–Kier alpha value is -4.99. The van der Waals surface area contributed by atoms with E-state index in [1.165, 1.54) is 110 Å². The average molecular weight is 729 g/mol. The summed E-state index contributed by atoms with van der Waals surface area (Å²) >= 11 is 2.00. The van der Waals surface area contributed by atoms with Crippen LogP contribution in [0.25, 0.3) is 32.3 Å². The Balaban J connectivity index is 1.31. The Kier molecular flexibility index (Phi) is 7.13. The molecule has 0 amide bonds. The van der Waals surface area contributed by atoms with Crippen molar-refractivity contribution < 1.29 is 0 Å². The van der Waals surface area contributed by atoms with Crippen molar-refractivity contribution in [1.29, 1.82) is 0 Å². The van der Waals surface area contributed by atoms with E-state index in [-0.39, 0.29) is 13.6 Å². The molecule has 0 N–H and O–H groups in total. The number of fused-ring (bicyclic) bond motifs is 11. The fourth-order valence-electron chi connectivity index (χ4n) is 10.2. The maximum Gasteiger partial charge on any atom is 0.329 e. The summed E-state index contributed by atoms with van der Waals surface area (Å²) in [5.41, 5.74) is 23.6. The molecule has 0 spiro atoms. The van der Waals surface area contributed by atoms with Crippen LogP contribution in [0.5, 0.6) is 0 Å². The van der Waals surface area contributed by atoms with Crippen LogP contribution in [0, 0.1) is 0 Å². The van der Waals surface area contributed by atoms with Crippen LogP contribution < -0.4 is 36.3 Å². The highest BCUT2D eigenvalue weighted by Gasteiger charge is 2.53. The van der Waals surface area contributed by atoms with E-state index in [2.05, 4.69) is 174 Å². The third kappa shape index (κ3) is 4.51. The molecule has 4 aliphatic rings. The summed E-state index contributed by atoms with van der Waals surface area (Å²) in [6.45, 7) is 18.8. The SMILES string of the molecule is CC(C)c1ccc(N2c3ccc4c5c3B(c3cc(C(C)C)cc6c3N5B(c3cc(C(C)C)ccc3-6)c3cc(C(C)C)ccc3-4)c3sc4ccccc4c32)cc1. The lowest BCUT2D eigenvalue weighted by atomic mass is 9.32. The fraction of sp³-hybridized carbons (Fsp3) is 0.240. The zero-order valence-electron chi connectivity index (χ0n) is 33.2. The number of nitrogens with zero attached hydrogens (tertiary/aromatic N) is 2. The van der Waals surface area contributed by atoms with Gasteiger partial charge in [0.2, 0.25) is 0 Å². The molecule has 268 valence electrons. The molecule has 55 heavy (non-hydrogen) atoms. The second kappa shape index (κ2) is 11.8. The number of hydrogen-bond donors (Lipinski definition) is 0. The zero-order chi connectivity index (χ0) is 37.6. The van der Waals surface area contributed by atoms with E-state index in [0.29, 0.717) is 23.7 Å². The molecule has 0 saturated heterocycles. The standard InChI is InChI=1S/C50H46B2N2S/c1-27(2)31-13-17-35(18-14-31)53-44-22-21-38-36-19-15-32(28(3)4)24-41(36)52-42-25-33(29(5)6)16-20-37(42)40-23-34(30(7)8)26-43-47(40)54(52)48(38)46(44)51(43)50-49(53)39-11-9-10-12-45(39)55-50/h9-30H,1-8H3. The quantitative estimate of drug-likeness (QED) is 0.163. The molecule has 0 unspecified atom stereocenters. The van der Waals surface area contributed by atoms with Crippen molar-refractivity contribution in [3.8, 4) is 22.3 Å². The van der Waals surface area contributed by atoms with Crippen LogP contribution in [0.3, 0.4) is 0 Å². The van der Waals surface area contributed by atoms with Crippen LogP contribution in [0.4, 0.5) is 28.4 Å². The molecule has 0 radical (unpaired) electrons. The van der Waals surface area contributed by atoms with Gasteiger partial charge < -0.3 is 9.71 Å². The molecule has 4 aliphatic heterocycles. The lowest BCUT2D eigenvalue weighted by Crippen LogP contribution is -2.69. The minimum absolute atomic E-state index is 0.0843. The van der Waals surface area contributed by atoms with Gasteiger partial charge in [-0.1, -0.05) is 134 Å². The van der Waals surface area contributed by atoms with Crippen molar-refractivity contribution in [3.63, 3.8) is 0 Å². The molecule has 5 heteroatoms. The predicted octanol–water partition coefficient (Wildman–Crippen LogP) is 10.9. The van der Waals surface area contributed by atoms with Crippen molar-refractivity contribution in [2.75, 3.05) is 9.71 Å². The molecular weight excluding hydrogens is 682 g/mol. The van der Waals surface area contributed by atoms with Gasteiger partial charge in [0.1, 0.15) is 0 Å². The van der Waals surface area contributed by atoms with E-state index in [4.69, 9.17) is 0 Å². The molecule has 2 nitrogen and oxygen atoms in total. The molecule has 0 fully saturated rings. The Morgan fingerprint density at radius 2 is 1.07 bits per heavy atom. The summed E-state index contributed by atoms with van der Waals surface area (Å²) in [4.78, 5) is 5.43. The molecule has 7 aromatic rings. The number of thiophene rings is 1. The minimum Gasteiger partial charge on any atom is -0.377 e. The smallest absolute Gasteiger partial charge is 0.329 e. The van der Waals surface area contributed by atoms with Crippen LogP contribution in [0.15, 0.2) is 109 Å². The number of anilines is 5. The normalized spacial score (nSPS) is 14.3. The van der Waals surface area contributed by atoms with Crippen molar-refractivity contribution in [3.05, 3.63) is 131 Å². The Morgan fingerprint density at radius 3 is 1.73 bits per heavy atom. The largest absolute Gasteiger partial charge is 0.377 e. The second-order valence-electron chi connectivity index (χ2n) is 17.7. The molecule has 0 atom stereocenters. The van der Waals surface area contributed by atoms with Gasteiger partial charge in [0, 0.05) is 48.7 Å². The van der Waals surface area contributed by atoms with E-state index in [1.807, 2.05) is 11.3 Å². The third-order valence-electron chi connectivity index (χ3n) is 13.2. The maximum atomic E-state index is 2.82. The highest BCUT2D eigenvalue weighted by molar-refractivity contribution is 7.34. The van der Waals surface area contributed by atoms with Crippen molar-refractivity contribution in [1.82, 2.24) is 0 Å². The van der Waals surface area contributed by atoms with E-state index in [9.17, 15) is 0 Å². The minimum atomic E-state index is 0.0843. The first kappa shape index (κ1) is 33.4. The predicted molar refractivity (Wildman–Crippen MR) is 242 cm³/mol. The number of benzene rings is 6. The van der Waals surface area contributed by atoms with Crippen LogP contribution in [0.1, 0.15) is 101 Å². The van der Waals surface area contributed by atoms with E-state index < -0.39 is 0 Å². The van der Waals surface area contributed by atoms with Gasteiger partial charge in [-0.3, -0.25) is 0 Å². The van der Waals surface area contributed by atoms with Crippen molar-refractivity contribution >= 4 is 90.0 Å². The van der Waals surface area contributed by atoms with Crippen LogP contribution in [-0.4, -0.2) is 13.6 Å². The molecule has 1 aromatic heterocycles. The fourth-order valence-corrected chi connectivity index (χ4v) is 11.5. The number of hydrogen-bond acceptors (Lipinski definition) is 3. The molecule has 11 rings (SSSR count). The second-order valence-corrected chi connectivity index (χ2v) is 18.7.